The second-order valence-electron chi connectivity index (χ2n) is 7.32. The molecule has 1 unspecified atom stereocenters. The molecule has 0 aliphatic heterocycles. The van der Waals surface area contributed by atoms with Gasteiger partial charge in [-0.15, -0.1) is 0 Å². The topological polar surface area (TPSA) is 38.3 Å². The number of rotatable bonds is 4. The minimum Gasteiger partial charge on any atom is -0.481 e. The number of anilines is 1. The van der Waals surface area contributed by atoms with Gasteiger partial charge in [0, 0.05) is 5.69 Å². The number of benzene rings is 2. The van der Waals surface area contributed by atoms with Gasteiger partial charge in [0.25, 0.3) is 5.91 Å². The smallest absolute Gasteiger partial charge is 0.265 e. The lowest BCUT2D eigenvalue weighted by atomic mass is 9.87. The van der Waals surface area contributed by atoms with E-state index in [2.05, 4.69) is 33.0 Å². The number of carbonyl (C=O) groups is 1. The molecule has 0 saturated heterocycles. The number of hydrogen-bond acceptors (Lipinski definition) is 2. The molecular weight excluding hydrogens is 298 g/mol. The molecule has 0 aliphatic rings. The minimum absolute atomic E-state index is 0.0994. The molecule has 0 aliphatic carbocycles. The highest BCUT2D eigenvalue weighted by Crippen LogP contribution is 2.24. The van der Waals surface area contributed by atoms with Crippen LogP contribution in [0.15, 0.2) is 42.5 Å². The Bertz CT molecular complexity index is 712. The normalized spacial score (nSPS) is 12.6. The van der Waals surface area contributed by atoms with Crippen molar-refractivity contribution in [3.63, 3.8) is 0 Å². The molecule has 2 aromatic rings. The summed E-state index contributed by atoms with van der Waals surface area (Å²) in [7, 11) is 0. The maximum absolute atomic E-state index is 12.3. The zero-order valence-electron chi connectivity index (χ0n) is 15.4. The van der Waals surface area contributed by atoms with Crippen molar-refractivity contribution in [2.24, 2.45) is 0 Å². The highest BCUT2D eigenvalue weighted by Gasteiger charge is 2.16. The van der Waals surface area contributed by atoms with E-state index < -0.39 is 6.10 Å². The highest BCUT2D eigenvalue weighted by atomic mass is 16.5. The van der Waals surface area contributed by atoms with E-state index >= 15 is 0 Å². The minimum atomic E-state index is -0.561. The molecule has 0 saturated carbocycles. The van der Waals surface area contributed by atoms with Crippen LogP contribution in [0.3, 0.4) is 0 Å². The molecule has 1 atom stereocenters. The number of amides is 1. The summed E-state index contributed by atoms with van der Waals surface area (Å²) in [5, 5.41) is 2.90. The predicted molar refractivity (Wildman–Crippen MR) is 99.8 cm³/mol. The average Bonchev–Trinajstić information content (AvgIpc) is 2.50. The Kier molecular flexibility index (Phi) is 5.33. The molecule has 3 heteroatoms. The Labute approximate surface area is 145 Å². The van der Waals surface area contributed by atoms with Crippen molar-refractivity contribution in [2.75, 3.05) is 5.32 Å². The lowest BCUT2D eigenvalue weighted by Crippen LogP contribution is -2.30. The maximum atomic E-state index is 12.3. The summed E-state index contributed by atoms with van der Waals surface area (Å²) in [5.74, 6) is 0.556. The molecule has 0 spiro atoms. The molecular formula is C21H27NO2. The summed E-state index contributed by atoms with van der Waals surface area (Å²) < 4.78 is 5.75. The fraction of sp³-hybridized carbons (Fsp3) is 0.381. The van der Waals surface area contributed by atoms with Crippen LogP contribution in [0.25, 0.3) is 0 Å². The van der Waals surface area contributed by atoms with Gasteiger partial charge >= 0.3 is 0 Å². The van der Waals surface area contributed by atoms with Crippen molar-refractivity contribution in [3.05, 3.63) is 59.2 Å². The van der Waals surface area contributed by atoms with E-state index in [1.165, 1.54) is 11.1 Å². The molecule has 0 radical (unpaired) electrons. The molecule has 24 heavy (non-hydrogen) atoms. The van der Waals surface area contributed by atoms with E-state index in [1.54, 1.807) is 6.92 Å². The quantitative estimate of drug-likeness (QED) is 0.858. The van der Waals surface area contributed by atoms with Gasteiger partial charge in [0.2, 0.25) is 0 Å². The Morgan fingerprint density at radius 1 is 1.00 bits per heavy atom. The second kappa shape index (κ2) is 7.08. The van der Waals surface area contributed by atoms with Gasteiger partial charge in [-0.05, 0) is 67.1 Å². The lowest BCUT2D eigenvalue weighted by Gasteiger charge is -2.20. The van der Waals surface area contributed by atoms with Gasteiger partial charge in [-0.25, -0.2) is 0 Å². The molecule has 0 fully saturated rings. The second-order valence-corrected chi connectivity index (χ2v) is 7.32. The van der Waals surface area contributed by atoms with Crippen molar-refractivity contribution < 1.29 is 9.53 Å². The van der Waals surface area contributed by atoms with E-state index in [1.807, 2.05) is 49.4 Å². The van der Waals surface area contributed by atoms with Crippen LogP contribution in [0.2, 0.25) is 0 Å². The van der Waals surface area contributed by atoms with Gasteiger partial charge in [0.15, 0.2) is 6.10 Å². The predicted octanol–water partition coefficient (Wildman–Crippen LogP) is 5.01. The molecule has 2 rings (SSSR count). The van der Waals surface area contributed by atoms with Crippen LogP contribution in [0.4, 0.5) is 5.69 Å². The largest absolute Gasteiger partial charge is 0.481 e. The van der Waals surface area contributed by atoms with Crippen molar-refractivity contribution in [2.45, 2.75) is 53.1 Å². The van der Waals surface area contributed by atoms with E-state index in [0.717, 1.165) is 11.3 Å². The zero-order valence-corrected chi connectivity index (χ0v) is 15.4. The van der Waals surface area contributed by atoms with Gasteiger partial charge in [-0.1, -0.05) is 39.0 Å². The van der Waals surface area contributed by atoms with Crippen LogP contribution in [0.5, 0.6) is 5.75 Å². The van der Waals surface area contributed by atoms with Crippen LogP contribution in [0.1, 0.15) is 44.4 Å². The van der Waals surface area contributed by atoms with E-state index in [4.69, 9.17) is 4.74 Å². The number of ether oxygens (including phenoxy) is 1. The summed E-state index contributed by atoms with van der Waals surface area (Å²) >= 11 is 0. The molecule has 2 aromatic carbocycles. The SMILES string of the molecule is Cc1ccc(OC(C)C(=O)Nc2ccc(C(C)(C)C)cc2)cc1C. The van der Waals surface area contributed by atoms with E-state index in [0.29, 0.717) is 5.75 Å². The summed E-state index contributed by atoms with van der Waals surface area (Å²) in [6.45, 7) is 12.3. The maximum Gasteiger partial charge on any atom is 0.265 e. The van der Waals surface area contributed by atoms with Gasteiger partial charge in [-0.2, -0.15) is 0 Å². The van der Waals surface area contributed by atoms with Crippen LogP contribution in [-0.4, -0.2) is 12.0 Å². The number of carbonyl (C=O) groups excluding carboxylic acids is 1. The zero-order chi connectivity index (χ0) is 17.9. The Morgan fingerprint density at radius 3 is 2.17 bits per heavy atom. The van der Waals surface area contributed by atoms with Gasteiger partial charge in [0.05, 0.1) is 0 Å². The van der Waals surface area contributed by atoms with Crippen LogP contribution >= 0.6 is 0 Å². The molecule has 0 bridgehead atoms. The first-order valence-corrected chi connectivity index (χ1v) is 8.32. The molecule has 128 valence electrons. The summed E-state index contributed by atoms with van der Waals surface area (Å²) in [4.78, 5) is 12.3. The Hall–Kier alpha value is -2.29. The van der Waals surface area contributed by atoms with Gasteiger partial charge in [-0.3, -0.25) is 4.79 Å². The highest BCUT2D eigenvalue weighted by molar-refractivity contribution is 5.94. The van der Waals surface area contributed by atoms with E-state index in [9.17, 15) is 4.79 Å². The van der Waals surface area contributed by atoms with Crippen LogP contribution in [-0.2, 0) is 10.2 Å². The standard InChI is InChI=1S/C21H27NO2/c1-14-7-12-19(13-15(14)2)24-16(3)20(23)22-18-10-8-17(9-11-18)21(4,5)6/h7-13,16H,1-6H3,(H,22,23). The number of hydrogen-bond donors (Lipinski definition) is 1. The first-order valence-electron chi connectivity index (χ1n) is 8.32. The molecule has 3 nitrogen and oxygen atoms in total. The fourth-order valence-electron chi connectivity index (χ4n) is 2.34. The lowest BCUT2D eigenvalue weighted by molar-refractivity contribution is -0.122. The van der Waals surface area contributed by atoms with Crippen molar-refractivity contribution in [3.8, 4) is 5.75 Å². The third-order valence-electron chi connectivity index (χ3n) is 4.18. The molecule has 1 amide bonds. The van der Waals surface area contributed by atoms with Crippen molar-refractivity contribution in [1.82, 2.24) is 0 Å². The average molecular weight is 325 g/mol. The number of aryl methyl sites for hydroxylation is 2. The monoisotopic (exact) mass is 325 g/mol. The van der Waals surface area contributed by atoms with Crippen molar-refractivity contribution in [1.29, 1.82) is 0 Å². The van der Waals surface area contributed by atoms with Gasteiger partial charge in [0.1, 0.15) is 5.75 Å². The fourth-order valence-corrected chi connectivity index (χ4v) is 2.34. The van der Waals surface area contributed by atoms with Crippen molar-refractivity contribution >= 4 is 11.6 Å². The molecule has 1 N–H and O–H groups in total. The number of nitrogens with one attached hydrogen (secondary N) is 1. The van der Waals surface area contributed by atoms with Crippen LogP contribution < -0.4 is 10.1 Å². The van der Waals surface area contributed by atoms with Crippen LogP contribution in [0, 0.1) is 13.8 Å². The Morgan fingerprint density at radius 2 is 1.62 bits per heavy atom. The Balaban J connectivity index is 1.99. The summed E-state index contributed by atoms with van der Waals surface area (Å²) in [6.07, 6.45) is -0.561. The summed E-state index contributed by atoms with van der Waals surface area (Å²) in [5.41, 5.74) is 4.47. The molecule has 0 aromatic heterocycles. The molecule has 0 heterocycles. The van der Waals surface area contributed by atoms with E-state index in [-0.39, 0.29) is 11.3 Å². The van der Waals surface area contributed by atoms with Gasteiger partial charge < -0.3 is 10.1 Å². The summed E-state index contributed by atoms with van der Waals surface area (Å²) in [6, 6.07) is 13.8. The third kappa shape index (κ3) is 4.60. The third-order valence-corrected chi connectivity index (χ3v) is 4.18. The first-order chi connectivity index (χ1) is 11.2. The first kappa shape index (κ1) is 18.1.